The first-order chi connectivity index (χ1) is 18.3. The van der Waals surface area contributed by atoms with Gasteiger partial charge in [-0.3, -0.25) is 15.1 Å². The Morgan fingerprint density at radius 1 is 0.684 bits per heavy atom. The minimum Gasteiger partial charge on any atom is -0.508 e. The van der Waals surface area contributed by atoms with Crippen LogP contribution in [0.5, 0.6) is 5.75 Å². The number of carbonyl (C=O) groups is 3. The summed E-state index contributed by atoms with van der Waals surface area (Å²) in [5, 5.41) is 30.7. The Kier molecular flexibility index (Phi) is 8.00. The van der Waals surface area contributed by atoms with Crippen LogP contribution in [0.1, 0.15) is 47.8 Å². The zero-order valence-electron chi connectivity index (χ0n) is 20.0. The van der Waals surface area contributed by atoms with E-state index in [1.54, 1.807) is 30.3 Å². The molecule has 0 saturated carbocycles. The number of rotatable bonds is 10. The van der Waals surface area contributed by atoms with E-state index in [2.05, 4.69) is 10.8 Å². The number of nitrogens with one attached hydrogen (secondary N) is 2. The topological polar surface area (TPSA) is 145 Å². The Balaban J connectivity index is 1.31. The molecule has 0 radical (unpaired) electrons. The summed E-state index contributed by atoms with van der Waals surface area (Å²) in [7, 11) is 0. The van der Waals surface area contributed by atoms with Crippen molar-refractivity contribution in [3.05, 3.63) is 124 Å². The van der Waals surface area contributed by atoms with Gasteiger partial charge >= 0.3 is 11.9 Å². The third-order valence-electron chi connectivity index (χ3n) is 5.72. The van der Waals surface area contributed by atoms with Gasteiger partial charge in [-0.15, -0.1) is 0 Å². The molecule has 0 heterocycles. The van der Waals surface area contributed by atoms with Crippen LogP contribution in [-0.2, 0) is 17.9 Å². The Morgan fingerprint density at radius 2 is 1.29 bits per heavy atom. The number of phenolic OH excluding ortho intramolecular Hbond substituents is 1. The second-order valence-electron chi connectivity index (χ2n) is 8.41. The smallest absolute Gasteiger partial charge is 0.336 e. The molecule has 4 rings (SSSR count). The van der Waals surface area contributed by atoms with Crippen molar-refractivity contribution in [2.75, 3.05) is 10.8 Å². The standard InChI is InChI=1S/C29H24N2O7/c32-23-13-14-25(26(16-23)29(36)37)27(33)30-21-9-5-18(6-10-21)15-19-7-11-22(12-8-19)31-38-17-20-3-1-2-4-24(20)28(34)35/h1-14,16,31-32H,15,17H2,(H,30,33)(H,34,35)(H,36,37). The van der Waals surface area contributed by atoms with E-state index in [9.17, 15) is 29.7 Å². The predicted molar refractivity (Wildman–Crippen MR) is 141 cm³/mol. The first-order valence-corrected chi connectivity index (χ1v) is 11.5. The molecule has 0 aromatic heterocycles. The van der Waals surface area contributed by atoms with Crippen LogP contribution in [0.4, 0.5) is 11.4 Å². The normalized spacial score (nSPS) is 10.5. The number of benzene rings is 4. The Bertz CT molecular complexity index is 1470. The number of anilines is 2. The molecule has 9 nitrogen and oxygen atoms in total. The molecule has 0 saturated heterocycles. The molecular formula is C29H24N2O7. The number of carbonyl (C=O) groups excluding carboxylic acids is 1. The summed E-state index contributed by atoms with van der Waals surface area (Å²) in [6, 6.07) is 25.0. The molecule has 192 valence electrons. The van der Waals surface area contributed by atoms with Gasteiger partial charge < -0.3 is 20.6 Å². The lowest BCUT2D eigenvalue weighted by molar-refractivity contribution is 0.0682. The molecule has 0 fully saturated rings. The fourth-order valence-electron chi connectivity index (χ4n) is 3.79. The molecular weight excluding hydrogens is 488 g/mol. The lowest BCUT2D eigenvalue weighted by Gasteiger charge is -2.10. The molecule has 9 heteroatoms. The van der Waals surface area contributed by atoms with Crippen molar-refractivity contribution < 1.29 is 34.5 Å². The molecule has 0 spiro atoms. The number of carboxylic acid groups (broad SMARTS) is 2. The van der Waals surface area contributed by atoms with Gasteiger partial charge in [0.15, 0.2) is 0 Å². The number of carboxylic acids is 2. The fraction of sp³-hybridized carbons (Fsp3) is 0.0690. The monoisotopic (exact) mass is 512 g/mol. The van der Waals surface area contributed by atoms with Crippen LogP contribution in [0.15, 0.2) is 91.0 Å². The van der Waals surface area contributed by atoms with E-state index in [1.807, 2.05) is 36.4 Å². The zero-order chi connectivity index (χ0) is 27.1. The molecule has 0 bridgehead atoms. The second-order valence-corrected chi connectivity index (χ2v) is 8.41. The van der Waals surface area contributed by atoms with Crippen molar-refractivity contribution in [3.8, 4) is 5.75 Å². The lowest BCUT2D eigenvalue weighted by Crippen LogP contribution is -2.16. The number of phenols is 1. The van der Waals surface area contributed by atoms with Crippen molar-refractivity contribution in [1.82, 2.24) is 0 Å². The van der Waals surface area contributed by atoms with E-state index in [0.29, 0.717) is 17.7 Å². The first-order valence-electron chi connectivity index (χ1n) is 11.5. The SMILES string of the molecule is O=C(O)c1ccccc1CONc1ccc(Cc2ccc(NC(=O)c3ccc(O)cc3C(=O)O)cc2)cc1. The summed E-state index contributed by atoms with van der Waals surface area (Å²) in [5.74, 6) is -3.14. The maximum Gasteiger partial charge on any atom is 0.336 e. The van der Waals surface area contributed by atoms with Gasteiger partial charge in [-0.2, -0.15) is 0 Å². The van der Waals surface area contributed by atoms with E-state index < -0.39 is 17.8 Å². The first kappa shape index (κ1) is 25.9. The molecule has 0 aliphatic heterocycles. The lowest BCUT2D eigenvalue weighted by atomic mass is 10.0. The van der Waals surface area contributed by atoms with Gasteiger partial charge in [-0.1, -0.05) is 42.5 Å². The maximum absolute atomic E-state index is 12.6. The van der Waals surface area contributed by atoms with Crippen molar-refractivity contribution in [3.63, 3.8) is 0 Å². The van der Waals surface area contributed by atoms with Crippen LogP contribution in [-0.4, -0.2) is 33.2 Å². The largest absolute Gasteiger partial charge is 0.508 e. The van der Waals surface area contributed by atoms with Crippen LogP contribution >= 0.6 is 0 Å². The van der Waals surface area contributed by atoms with Crippen LogP contribution in [0.2, 0.25) is 0 Å². The van der Waals surface area contributed by atoms with Crippen molar-refractivity contribution >= 4 is 29.2 Å². The Hall–Kier alpha value is -5.15. The van der Waals surface area contributed by atoms with Crippen molar-refractivity contribution in [1.29, 1.82) is 0 Å². The third-order valence-corrected chi connectivity index (χ3v) is 5.72. The highest BCUT2D eigenvalue weighted by atomic mass is 16.6. The van der Waals surface area contributed by atoms with Crippen LogP contribution in [0.25, 0.3) is 0 Å². The summed E-state index contributed by atoms with van der Waals surface area (Å²) in [6.07, 6.45) is 0.641. The number of hydrogen-bond donors (Lipinski definition) is 5. The minimum atomic E-state index is -1.31. The van der Waals surface area contributed by atoms with Gasteiger partial charge in [0.2, 0.25) is 0 Å². The Morgan fingerprint density at radius 3 is 1.92 bits per heavy atom. The van der Waals surface area contributed by atoms with Crippen LogP contribution in [0.3, 0.4) is 0 Å². The molecule has 1 amide bonds. The highest BCUT2D eigenvalue weighted by molar-refractivity contribution is 6.10. The minimum absolute atomic E-state index is 0.0526. The summed E-state index contributed by atoms with van der Waals surface area (Å²) >= 11 is 0. The van der Waals surface area contributed by atoms with Crippen molar-refractivity contribution in [2.45, 2.75) is 13.0 Å². The number of aromatic hydroxyl groups is 1. The Labute approximate surface area is 217 Å². The molecule has 0 unspecified atom stereocenters. The maximum atomic E-state index is 12.6. The van der Waals surface area contributed by atoms with E-state index >= 15 is 0 Å². The average molecular weight is 513 g/mol. The summed E-state index contributed by atoms with van der Waals surface area (Å²) in [5.41, 5.74) is 6.50. The third kappa shape index (κ3) is 6.54. The summed E-state index contributed by atoms with van der Waals surface area (Å²) in [6.45, 7) is 0.0947. The van der Waals surface area contributed by atoms with Crippen LogP contribution in [0, 0.1) is 0 Å². The van der Waals surface area contributed by atoms with E-state index in [-0.39, 0.29) is 29.0 Å². The van der Waals surface area contributed by atoms with Crippen LogP contribution < -0.4 is 10.8 Å². The molecule has 0 aliphatic carbocycles. The fourth-order valence-corrected chi connectivity index (χ4v) is 3.79. The summed E-state index contributed by atoms with van der Waals surface area (Å²) < 4.78 is 0. The van der Waals surface area contributed by atoms with E-state index in [4.69, 9.17) is 4.84 Å². The predicted octanol–water partition coefficient (Wildman–Crippen LogP) is 5.18. The second kappa shape index (κ2) is 11.7. The van der Waals surface area contributed by atoms with E-state index in [1.165, 1.54) is 18.2 Å². The van der Waals surface area contributed by atoms with Gasteiger partial charge in [-0.25, -0.2) is 9.59 Å². The molecule has 0 aliphatic rings. The van der Waals surface area contributed by atoms with Gasteiger partial charge in [0.1, 0.15) is 12.4 Å². The zero-order valence-corrected chi connectivity index (χ0v) is 20.0. The van der Waals surface area contributed by atoms with Gasteiger partial charge in [0, 0.05) is 5.69 Å². The van der Waals surface area contributed by atoms with Gasteiger partial charge in [0.25, 0.3) is 5.91 Å². The number of hydrogen-bond acceptors (Lipinski definition) is 6. The molecule has 38 heavy (non-hydrogen) atoms. The highest BCUT2D eigenvalue weighted by Gasteiger charge is 2.17. The quantitative estimate of drug-likeness (QED) is 0.183. The average Bonchev–Trinajstić information content (AvgIpc) is 2.91. The number of aromatic carboxylic acids is 2. The molecule has 5 N–H and O–H groups in total. The highest BCUT2D eigenvalue weighted by Crippen LogP contribution is 2.20. The van der Waals surface area contributed by atoms with Gasteiger partial charge in [-0.05, 0) is 71.6 Å². The van der Waals surface area contributed by atoms with Crippen molar-refractivity contribution in [2.24, 2.45) is 0 Å². The summed E-state index contributed by atoms with van der Waals surface area (Å²) in [4.78, 5) is 40.7. The molecule has 0 atom stereocenters. The van der Waals surface area contributed by atoms with Gasteiger partial charge in [0.05, 0.1) is 22.4 Å². The number of amides is 1. The molecule has 4 aromatic carbocycles. The molecule has 4 aromatic rings. The van der Waals surface area contributed by atoms with E-state index in [0.717, 1.165) is 22.9 Å².